The molecule has 0 aliphatic carbocycles. The summed E-state index contributed by atoms with van der Waals surface area (Å²) in [6.07, 6.45) is 5.05. The number of aliphatic hydroxyl groups is 1. The van der Waals surface area contributed by atoms with Gasteiger partial charge >= 0.3 is 5.97 Å². The topological polar surface area (TPSA) is 87.1 Å². The number of nitrogens with zero attached hydrogens (tertiary/aromatic N) is 1. The second-order valence-electron chi connectivity index (χ2n) is 5.31. The lowest BCUT2D eigenvalue weighted by atomic mass is 9.86. The van der Waals surface area contributed by atoms with Crippen LogP contribution in [0.2, 0.25) is 0 Å². The minimum absolute atomic E-state index is 0.203. The third kappa shape index (κ3) is 2.81. The Labute approximate surface area is 131 Å². The SMILES string of the molecule is O=C1C[C@H]2O/C(=C\CO)[C@](CCCCCCBr)(C(=O)O)N12. The molecule has 7 heteroatoms. The van der Waals surface area contributed by atoms with Crippen LogP contribution in [0.5, 0.6) is 0 Å². The summed E-state index contributed by atoms with van der Waals surface area (Å²) in [7, 11) is 0. The zero-order valence-electron chi connectivity index (χ0n) is 11.8. The van der Waals surface area contributed by atoms with Gasteiger partial charge in [-0.05, 0) is 18.9 Å². The van der Waals surface area contributed by atoms with Crippen LogP contribution in [0.25, 0.3) is 0 Å². The standard InChI is InChI=1S/C14H20BrNO5/c15-7-4-2-1-3-6-14(13(19)20)10(5-8-17)21-12-9-11(18)16(12)14/h5,12,17H,1-4,6-9H2,(H,19,20)/b10-5-/t12-,14-/m1/s1. The molecule has 2 fully saturated rings. The first-order valence-corrected chi connectivity index (χ1v) is 8.29. The van der Waals surface area contributed by atoms with Gasteiger partial charge in [-0.25, -0.2) is 4.79 Å². The minimum atomic E-state index is -1.43. The molecule has 2 N–H and O–H groups in total. The number of hydrogen-bond acceptors (Lipinski definition) is 4. The summed E-state index contributed by atoms with van der Waals surface area (Å²) in [6.45, 7) is -0.303. The molecule has 21 heavy (non-hydrogen) atoms. The van der Waals surface area contributed by atoms with E-state index < -0.39 is 17.7 Å². The summed E-state index contributed by atoms with van der Waals surface area (Å²) in [5.41, 5.74) is -1.43. The Morgan fingerprint density at radius 1 is 1.43 bits per heavy atom. The fraction of sp³-hybridized carbons (Fsp3) is 0.714. The molecule has 0 saturated carbocycles. The number of carboxylic acid groups (broad SMARTS) is 1. The van der Waals surface area contributed by atoms with E-state index in [9.17, 15) is 14.7 Å². The van der Waals surface area contributed by atoms with Crippen molar-refractivity contribution in [2.75, 3.05) is 11.9 Å². The van der Waals surface area contributed by atoms with E-state index in [2.05, 4.69) is 15.9 Å². The molecule has 2 aliphatic heterocycles. The van der Waals surface area contributed by atoms with Gasteiger partial charge in [0, 0.05) is 5.33 Å². The maximum absolute atomic E-state index is 11.9. The Morgan fingerprint density at radius 3 is 2.71 bits per heavy atom. The highest BCUT2D eigenvalue weighted by Gasteiger charge is 2.64. The Hall–Kier alpha value is -1.08. The molecular formula is C14H20BrNO5. The van der Waals surface area contributed by atoms with Crippen LogP contribution in [0.15, 0.2) is 11.8 Å². The highest BCUT2D eigenvalue weighted by Crippen LogP contribution is 2.46. The number of carbonyl (C=O) groups is 2. The summed E-state index contributed by atoms with van der Waals surface area (Å²) in [6, 6.07) is 0. The van der Waals surface area contributed by atoms with Crippen LogP contribution in [0.3, 0.4) is 0 Å². The van der Waals surface area contributed by atoms with E-state index in [1.54, 1.807) is 0 Å². The van der Waals surface area contributed by atoms with E-state index in [4.69, 9.17) is 9.84 Å². The molecular weight excluding hydrogens is 342 g/mol. The van der Waals surface area contributed by atoms with Crippen LogP contribution in [0, 0.1) is 0 Å². The molecule has 0 spiro atoms. The van der Waals surface area contributed by atoms with Crippen molar-refractivity contribution in [3.63, 3.8) is 0 Å². The number of rotatable bonds is 8. The van der Waals surface area contributed by atoms with Crippen LogP contribution in [0.4, 0.5) is 0 Å². The van der Waals surface area contributed by atoms with Crippen molar-refractivity contribution < 1.29 is 24.5 Å². The van der Waals surface area contributed by atoms with E-state index >= 15 is 0 Å². The Kier molecular flexibility index (Phi) is 5.27. The van der Waals surface area contributed by atoms with Gasteiger partial charge in [-0.2, -0.15) is 0 Å². The number of halogens is 1. The molecule has 0 aromatic heterocycles. The van der Waals surface area contributed by atoms with Crippen LogP contribution >= 0.6 is 15.9 Å². The summed E-state index contributed by atoms with van der Waals surface area (Å²) < 4.78 is 5.54. The highest BCUT2D eigenvalue weighted by molar-refractivity contribution is 9.09. The van der Waals surface area contributed by atoms with E-state index in [0.717, 1.165) is 24.6 Å². The monoisotopic (exact) mass is 361 g/mol. The van der Waals surface area contributed by atoms with E-state index in [-0.39, 0.29) is 24.7 Å². The third-order valence-corrected chi connectivity index (χ3v) is 4.60. The van der Waals surface area contributed by atoms with E-state index in [1.165, 1.54) is 11.0 Å². The number of unbranched alkanes of at least 4 members (excludes halogenated alkanes) is 3. The molecule has 0 unspecified atom stereocenters. The molecule has 2 atom stereocenters. The minimum Gasteiger partial charge on any atom is -0.479 e. The van der Waals surface area contributed by atoms with Gasteiger partial charge in [-0.15, -0.1) is 0 Å². The molecule has 0 radical (unpaired) electrons. The van der Waals surface area contributed by atoms with Crippen molar-refractivity contribution in [3.05, 3.63) is 11.8 Å². The maximum atomic E-state index is 11.9. The van der Waals surface area contributed by atoms with Crippen molar-refractivity contribution in [1.82, 2.24) is 4.90 Å². The number of hydrogen-bond donors (Lipinski definition) is 2. The highest BCUT2D eigenvalue weighted by atomic mass is 79.9. The zero-order chi connectivity index (χ0) is 15.5. The first kappa shape index (κ1) is 16.3. The van der Waals surface area contributed by atoms with Crippen LogP contribution in [0.1, 0.15) is 38.5 Å². The van der Waals surface area contributed by atoms with Crippen molar-refractivity contribution in [2.45, 2.75) is 50.3 Å². The first-order chi connectivity index (χ1) is 10.1. The summed E-state index contributed by atoms with van der Waals surface area (Å²) in [5, 5.41) is 19.7. The summed E-state index contributed by atoms with van der Waals surface area (Å²) in [5.74, 6) is -1.09. The second-order valence-corrected chi connectivity index (χ2v) is 6.10. The summed E-state index contributed by atoms with van der Waals surface area (Å²) in [4.78, 5) is 25.0. The number of carbonyl (C=O) groups excluding carboxylic acids is 1. The smallest absolute Gasteiger partial charge is 0.337 e. The Morgan fingerprint density at radius 2 is 2.14 bits per heavy atom. The van der Waals surface area contributed by atoms with E-state index in [1.807, 2.05) is 0 Å². The quantitative estimate of drug-likeness (QED) is 0.389. The van der Waals surface area contributed by atoms with Gasteiger partial charge in [0.05, 0.1) is 13.0 Å². The predicted octanol–water partition coefficient (Wildman–Crippen LogP) is 1.62. The largest absolute Gasteiger partial charge is 0.479 e. The van der Waals surface area contributed by atoms with Gasteiger partial charge in [0.2, 0.25) is 11.4 Å². The zero-order valence-corrected chi connectivity index (χ0v) is 13.3. The van der Waals surface area contributed by atoms with E-state index in [0.29, 0.717) is 12.8 Å². The molecule has 1 amide bonds. The Bertz CT molecular complexity index is 453. The molecule has 0 aromatic rings. The maximum Gasteiger partial charge on any atom is 0.337 e. The fourth-order valence-corrected chi connectivity index (χ4v) is 3.39. The molecule has 2 heterocycles. The number of fused-ring (bicyclic) bond motifs is 1. The molecule has 0 bridgehead atoms. The lowest BCUT2D eigenvalue weighted by molar-refractivity contribution is -0.171. The molecule has 6 nitrogen and oxygen atoms in total. The second kappa shape index (κ2) is 6.79. The van der Waals surface area contributed by atoms with Gasteiger partial charge in [-0.3, -0.25) is 9.69 Å². The number of aliphatic hydroxyl groups excluding tert-OH is 1. The molecule has 2 rings (SSSR count). The number of amides is 1. The van der Waals surface area contributed by atoms with Crippen LogP contribution in [-0.4, -0.2) is 50.7 Å². The number of β-lactam (4-membered cyclic amide) rings is 1. The molecule has 0 aromatic carbocycles. The molecule has 2 saturated heterocycles. The fourth-order valence-electron chi connectivity index (χ4n) is 2.99. The van der Waals surface area contributed by atoms with Crippen LogP contribution in [-0.2, 0) is 14.3 Å². The molecule has 2 aliphatic rings. The van der Waals surface area contributed by atoms with Gasteiger partial charge in [-0.1, -0.05) is 35.2 Å². The first-order valence-electron chi connectivity index (χ1n) is 7.17. The van der Waals surface area contributed by atoms with Gasteiger partial charge < -0.3 is 14.9 Å². The summed E-state index contributed by atoms with van der Waals surface area (Å²) >= 11 is 3.36. The lowest BCUT2D eigenvalue weighted by Gasteiger charge is -2.40. The van der Waals surface area contributed by atoms with Gasteiger partial charge in [0.25, 0.3) is 0 Å². The normalized spacial score (nSPS) is 29.2. The van der Waals surface area contributed by atoms with Crippen molar-refractivity contribution in [3.8, 4) is 0 Å². The third-order valence-electron chi connectivity index (χ3n) is 4.04. The molecule has 118 valence electrons. The van der Waals surface area contributed by atoms with Gasteiger partial charge in [0.1, 0.15) is 5.76 Å². The van der Waals surface area contributed by atoms with Crippen molar-refractivity contribution in [2.24, 2.45) is 0 Å². The average Bonchev–Trinajstić information content (AvgIpc) is 2.68. The number of alkyl halides is 1. The Balaban J connectivity index is 2.15. The average molecular weight is 362 g/mol. The van der Waals surface area contributed by atoms with Crippen molar-refractivity contribution >= 4 is 27.8 Å². The van der Waals surface area contributed by atoms with Gasteiger partial charge in [0.15, 0.2) is 6.23 Å². The number of ether oxygens (including phenoxy) is 1. The van der Waals surface area contributed by atoms with Crippen molar-refractivity contribution in [1.29, 1.82) is 0 Å². The van der Waals surface area contributed by atoms with Crippen LogP contribution < -0.4 is 0 Å². The number of aliphatic carboxylic acids is 1. The lowest BCUT2D eigenvalue weighted by Crippen LogP contribution is -2.62. The number of carboxylic acids is 1. The predicted molar refractivity (Wildman–Crippen MR) is 78.8 cm³/mol.